The smallest absolute Gasteiger partial charge is 0.323 e. The third-order valence-corrected chi connectivity index (χ3v) is 8.05. The van der Waals surface area contributed by atoms with E-state index in [9.17, 15) is 9.59 Å². The highest BCUT2D eigenvalue weighted by molar-refractivity contribution is 6.07. The molecule has 0 aliphatic carbocycles. The zero-order chi connectivity index (χ0) is 33.3. The van der Waals surface area contributed by atoms with Crippen molar-refractivity contribution in [3.05, 3.63) is 112 Å². The predicted molar refractivity (Wildman–Crippen MR) is 190 cm³/mol. The molecule has 5 aromatic rings. The minimum absolute atomic E-state index is 0.155. The van der Waals surface area contributed by atoms with E-state index >= 15 is 0 Å². The van der Waals surface area contributed by atoms with Crippen molar-refractivity contribution in [3.8, 4) is 29.2 Å². The summed E-state index contributed by atoms with van der Waals surface area (Å²) in [5.74, 6) is 3.64. The fourth-order valence-electron chi connectivity index (χ4n) is 5.76. The normalized spacial score (nSPS) is 11.1. The number of terminal acetylenes is 1. The van der Waals surface area contributed by atoms with Gasteiger partial charge in [-0.1, -0.05) is 64.1 Å². The van der Waals surface area contributed by atoms with Crippen molar-refractivity contribution in [3.63, 3.8) is 0 Å². The van der Waals surface area contributed by atoms with Gasteiger partial charge in [-0.15, -0.1) is 12.3 Å². The molecule has 240 valence electrons. The number of rotatable bonds is 12. The van der Waals surface area contributed by atoms with Gasteiger partial charge in [0.25, 0.3) is 5.56 Å². The van der Waals surface area contributed by atoms with Crippen molar-refractivity contribution in [2.24, 2.45) is 0 Å². The predicted octanol–water partition coefficient (Wildman–Crippen LogP) is 8.38. The number of pyridine rings is 3. The molecule has 0 fully saturated rings. The number of anilines is 2. The van der Waals surface area contributed by atoms with Crippen LogP contribution in [0.15, 0.2) is 90.0 Å². The number of urea groups is 1. The van der Waals surface area contributed by atoms with Gasteiger partial charge >= 0.3 is 6.03 Å². The van der Waals surface area contributed by atoms with E-state index in [1.54, 1.807) is 17.0 Å². The molecule has 3 aromatic heterocycles. The second-order valence-electron chi connectivity index (χ2n) is 12.0. The maximum absolute atomic E-state index is 14.3. The number of aryl methyl sites for hydroxylation is 1. The Kier molecular flexibility index (Phi) is 10.7. The van der Waals surface area contributed by atoms with E-state index in [2.05, 4.69) is 54.2 Å². The van der Waals surface area contributed by atoms with Crippen molar-refractivity contribution in [1.29, 1.82) is 0 Å². The van der Waals surface area contributed by atoms with Crippen LogP contribution in [0.5, 0.6) is 5.75 Å². The van der Waals surface area contributed by atoms with Gasteiger partial charge in [-0.3, -0.25) is 14.3 Å². The van der Waals surface area contributed by atoms with E-state index in [0.29, 0.717) is 54.9 Å². The molecular weight excluding hydrogens is 586 g/mol. The van der Waals surface area contributed by atoms with Gasteiger partial charge in [-0.05, 0) is 71.3 Å². The third kappa shape index (κ3) is 7.70. The number of amides is 2. The Balaban J connectivity index is 1.58. The summed E-state index contributed by atoms with van der Waals surface area (Å²) >= 11 is 0. The number of aromatic nitrogens is 3. The Hall–Kier alpha value is -5.42. The van der Waals surface area contributed by atoms with Crippen LogP contribution in [0.1, 0.15) is 69.2 Å². The molecule has 8 nitrogen and oxygen atoms in total. The number of unbranched alkanes of at least 4 members (excludes halogenated alkanes) is 1. The molecule has 8 heteroatoms. The van der Waals surface area contributed by atoms with E-state index in [1.807, 2.05) is 72.8 Å². The first-order valence-corrected chi connectivity index (χ1v) is 16.1. The van der Waals surface area contributed by atoms with Crippen molar-refractivity contribution in [2.45, 2.75) is 65.3 Å². The summed E-state index contributed by atoms with van der Waals surface area (Å²) in [6.45, 7) is 9.17. The first kappa shape index (κ1) is 33.0. The topological polar surface area (TPSA) is 98.1 Å². The maximum Gasteiger partial charge on any atom is 0.323 e. The van der Waals surface area contributed by atoms with Gasteiger partial charge in [-0.2, -0.15) is 0 Å². The number of nitrogens with one attached hydrogen (secondary N) is 2. The fraction of sp³-hybridized carbons (Fsp3) is 0.282. The number of nitrogens with zero attached hydrogens (tertiary/aromatic N) is 3. The summed E-state index contributed by atoms with van der Waals surface area (Å²) in [7, 11) is 0. The SMILES string of the molecule is C#CCCCn1c(=O)c(NC(=O)Nc2c(C(C)C)cccc2C(C)C)c(-c2cccc(OCCc3ccccn3)c2)c2cccnc21. The van der Waals surface area contributed by atoms with Gasteiger partial charge in [0.05, 0.1) is 6.61 Å². The van der Waals surface area contributed by atoms with Gasteiger partial charge in [0.2, 0.25) is 0 Å². The number of benzene rings is 2. The lowest BCUT2D eigenvalue weighted by molar-refractivity contribution is 0.262. The molecule has 0 aliphatic rings. The van der Waals surface area contributed by atoms with Gasteiger partial charge in [0, 0.05) is 54.1 Å². The number of ether oxygens (including phenoxy) is 1. The number of hydrogen-bond acceptors (Lipinski definition) is 5. The highest BCUT2D eigenvalue weighted by Crippen LogP contribution is 2.36. The number of carbonyl (C=O) groups is 1. The Bertz CT molecular complexity index is 1930. The molecule has 2 N–H and O–H groups in total. The minimum Gasteiger partial charge on any atom is -0.493 e. The van der Waals surface area contributed by atoms with Gasteiger partial charge < -0.3 is 15.4 Å². The third-order valence-electron chi connectivity index (χ3n) is 8.05. The van der Waals surface area contributed by atoms with Gasteiger partial charge in [0.15, 0.2) is 0 Å². The van der Waals surface area contributed by atoms with Crippen molar-refractivity contribution >= 4 is 28.4 Å². The van der Waals surface area contributed by atoms with E-state index in [4.69, 9.17) is 11.2 Å². The molecule has 0 radical (unpaired) electrons. The van der Waals surface area contributed by atoms with Gasteiger partial charge in [-0.25, -0.2) is 9.78 Å². The summed E-state index contributed by atoms with van der Waals surface area (Å²) in [6.07, 6.45) is 10.7. The lowest BCUT2D eigenvalue weighted by Crippen LogP contribution is -2.30. The molecule has 0 saturated heterocycles. The van der Waals surface area contributed by atoms with E-state index in [-0.39, 0.29) is 23.1 Å². The van der Waals surface area contributed by atoms with Crippen LogP contribution in [0, 0.1) is 12.3 Å². The maximum atomic E-state index is 14.3. The zero-order valence-electron chi connectivity index (χ0n) is 27.4. The van der Waals surface area contributed by atoms with Crippen molar-refractivity contribution < 1.29 is 9.53 Å². The van der Waals surface area contributed by atoms with Crippen LogP contribution in [0.4, 0.5) is 16.2 Å². The summed E-state index contributed by atoms with van der Waals surface area (Å²) in [6, 6.07) is 22.6. The second-order valence-corrected chi connectivity index (χ2v) is 12.0. The number of fused-ring (bicyclic) bond motifs is 1. The highest BCUT2D eigenvalue weighted by atomic mass is 16.5. The number of hydrogen-bond donors (Lipinski definition) is 2. The number of carbonyl (C=O) groups excluding carboxylic acids is 1. The van der Waals surface area contributed by atoms with Crippen LogP contribution in [-0.2, 0) is 13.0 Å². The van der Waals surface area contributed by atoms with Crippen LogP contribution in [-0.4, -0.2) is 27.2 Å². The Morgan fingerprint density at radius 3 is 2.32 bits per heavy atom. The molecule has 0 aliphatic heterocycles. The van der Waals surface area contributed by atoms with Crippen LogP contribution >= 0.6 is 0 Å². The van der Waals surface area contributed by atoms with Crippen LogP contribution < -0.4 is 20.9 Å². The first-order valence-electron chi connectivity index (χ1n) is 16.1. The van der Waals surface area contributed by atoms with E-state index in [1.165, 1.54) is 0 Å². The molecule has 0 saturated carbocycles. The lowest BCUT2D eigenvalue weighted by Gasteiger charge is -2.22. The zero-order valence-corrected chi connectivity index (χ0v) is 27.4. The summed E-state index contributed by atoms with van der Waals surface area (Å²) < 4.78 is 7.72. The second kappa shape index (κ2) is 15.2. The Morgan fingerprint density at radius 1 is 0.894 bits per heavy atom. The molecule has 2 aromatic carbocycles. The standard InChI is InChI=1S/C39H41N5O3/c1-6-7-10-23-44-37-33(19-13-22-41-37)34(28-14-11-16-30(25-28)47-24-20-29-15-8-9-21-40-29)36(38(44)45)43-39(46)42-35-31(26(2)3)17-12-18-32(35)27(4)5/h1,8-9,11-19,21-22,25-27H,7,10,20,23-24H2,2-5H3,(H2,42,43,46). The van der Waals surface area contributed by atoms with Gasteiger partial charge in [0.1, 0.15) is 17.1 Å². The molecular formula is C39H41N5O3. The molecule has 2 amide bonds. The van der Waals surface area contributed by atoms with Crippen LogP contribution in [0.2, 0.25) is 0 Å². The average Bonchev–Trinajstić information content (AvgIpc) is 3.07. The Labute approximate surface area is 276 Å². The average molecular weight is 628 g/mol. The van der Waals surface area contributed by atoms with E-state index < -0.39 is 6.03 Å². The van der Waals surface area contributed by atoms with Crippen LogP contribution in [0.25, 0.3) is 22.2 Å². The molecule has 0 bridgehead atoms. The summed E-state index contributed by atoms with van der Waals surface area (Å²) in [5.41, 5.74) is 5.34. The lowest BCUT2D eigenvalue weighted by atomic mass is 9.93. The summed E-state index contributed by atoms with van der Waals surface area (Å²) in [5, 5.41) is 6.79. The molecule has 0 atom stereocenters. The highest BCUT2D eigenvalue weighted by Gasteiger charge is 2.23. The van der Waals surface area contributed by atoms with Crippen molar-refractivity contribution in [2.75, 3.05) is 17.2 Å². The molecule has 47 heavy (non-hydrogen) atoms. The number of para-hydroxylation sites is 1. The quantitative estimate of drug-likeness (QED) is 0.107. The molecule has 5 rings (SSSR count). The monoisotopic (exact) mass is 627 g/mol. The van der Waals surface area contributed by atoms with Crippen LogP contribution in [0.3, 0.4) is 0 Å². The molecule has 0 spiro atoms. The summed E-state index contributed by atoms with van der Waals surface area (Å²) in [4.78, 5) is 37.2. The minimum atomic E-state index is -0.500. The Morgan fingerprint density at radius 2 is 1.62 bits per heavy atom. The first-order chi connectivity index (χ1) is 22.8. The molecule has 0 unspecified atom stereocenters. The largest absolute Gasteiger partial charge is 0.493 e. The van der Waals surface area contributed by atoms with E-state index in [0.717, 1.165) is 27.9 Å². The fourth-order valence-corrected chi connectivity index (χ4v) is 5.76. The van der Waals surface area contributed by atoms with Crippen molar-refractivity contribution in [1.82, 2.24) is 14.5 Å². The molecule has 3 heterocycles.